The molecule has 0 unspecified atom stereocenters. The van der Waals surface area contributed by atoms with Gasteiger partial charge >= 0.3 is 0 Å². The maximum Gasteiger partial charge on any atom is 0.271 e. The molecule has 7 heteroatoms. The van der Waals surface area contributed by atoms with E-state index in [1.165, 1.54) is 6.21 Å². The first-order chi connectivity index (χ1) is 13.7. The lowest BCUT2D eigenvalue weighted by Gasteiger charge is -2.13. The number of nitrogens with zero attached hydrogens (tertiary/aromatic N) is 2. The van der Waals surface area contributed by atoms with E-state index in [0.717, 1.165) is 10.0 Å². The molecule has 0 spiro atoms. The maximum atomic E-state index is 12.1. The molecule has 1 aromatic heterocycles. The van der Waals surface area contributed by atoms with Gasteiger partial charge in [0.15, 0.2) is 11.5 Å². The standard InChI is InChI=1S/C21H18BrN3O3/c1-27-19-4-2-3-17(13-24-25-21(26)16-9-11-23-12-10-16)20(19)28-14-15-5-7-18(22)8-6-15/h2-13H,14H2,1H3,(H,25,26). The molecule has 0 bridgehead atoms. The van der Waals surface area contributed by atoms with Crippen LogP contribution in [0.4, 0.5) is 0 Å². The second-order valence-corrected chi connectivity index (χ2v) is 6.64. The molecule has 0 fully saturated rings. The van der Waals surface area contributed by atoms with Crippen molar-refractivity contribution < 1.29 is 14.3 Å². The fourth-order valence-electron chi connectivity index (χ4n) is 2.41. The number of halogens is 1. The highest BCUT2D eigenvalue weighted by molar-refractivity contribution is 9.10. The van der Waals surface area contributed by atoms with Crippen LogP contribution in [-0.2, 0) is 6.61 Å². The predicted octanol–water partition coefficient (Wildman–Crippen LogP) is 4.20. The van der Waals surface area contributed by atoms with Crippen molar-refractivity contribution in [2.24, 2.45) is 5.10 Å². The van der Waals surface area contributed by atoms with Gasteiger partial charge in [-0.2, -0.15) is 5.10 Å². The summed E-state index contributed by atoms with van der Waals surface area (Å²) in [6, 6.07) is 16.6. The van der Waals surface area contributed by atoms with Gasteiger partial charge in [-0.15, -0.1) is 0 Å². The van der Waals surface area contributed by atoms with Crippen LogP contribution in [0.2, 0.25) is 0 Å². The highest BCUT2D eigenvalue weighted by atomic mass is 79.9. The van der Waals surface area contributed by atoms with Crippen LogP contribution in [0.25, 0.3) is 0 Å². The number of ether oxygens (including phenoxy) is 2. The van der Waals surface area contributed by atoms with E-state index >= 15 is 0 Å². The Bertz CT molecular complexity index is 960. The zero-order valence-corrected chi connectivity index (χ0v) is 16.7. The summed E-state index contributed by atoms with van der Waals surface area (Å²) in [5, 5.41) is 4.03. The van der Waals surface area contributed by atoms with Gasteiger partial charge in [0.2, 0.25) is 0 Å². The fraction of sp³-hybridized carbons (Fsp3) is 0.0952. The maximum absolute atomic E-state index is 12.1. The van der Waals surface area contributed by atoms with Crippen molar-refractivity contribution in [3.8, 4) is 11.5 Å². The average molecular weight is 440 g/mol. The summed E-state index contributed by atoms with van der Waals surface area (Å²) in [5.41, 5.74) is 4.67. The number of carbonyl (C=O) groups excluding carboxylic acids is 1. The number of hydrazone groups is 1. The van der Waals surface area contributed by atoms with Crippen LogP contribution >= 0.6 is 15.9 Å². The number of carbonyl (C=O) groups is 1. The van der Waals surface area contributed by atoms with Crippen LogP contribution in [-0.4, -0.2) is 24.2 Å². The van der Waals surface area contributed by atoms with Crippen LogP contribution in [0.3, 0.4) is 0 Å². The molecule has 0 radical (unpaired) electrons. The summed E-state index contributed by atoms with van der Waals surface area (Å²) in [6.07, 6.45) is 4.63. The molecule has 2 aromatic carbocycles. The third-order valence-corrected chi connectivity index (χ3v) is 4.37. The molecule has 1 amide bonds. The zero-order valence-electron chi connectivity index (χ0n) is 15.1. The molecule has 0 atom stereocenters. The van der Waals surface area contributed by atoms with Gasteiger partial charge in [0.05, 0.1) is 13.3 Å². The van der Waals surface area contributed by atoms with Crippen molar-refractivity contribution in [3.63, 3.8) is 0 Å². The van der Waals surface area contributed by atoms with Gasteiger partial charge in [0, 0.05) is 28.0 Å². The Balaban J connectivity index is 1.73. The predicted molar refractivity (Wildman–Crippen MR) is 111 cm³/mol. The Kier molecular flexibility index (Phi) is 6.75. The largest absolute Gasteiger partial charge is 0.493 e. The Hall–Kier alpha value is -3.19. The van der Waals surface area contributed by atoms with E-state index in [9.17, 15) is 4.79 Å². The summed E-state index contributed by atoms with van der Waals surface area (Å²) in [6.45, 7) is 0.373. The Morgan fingerprint density at radius 2 is 1.89 bits per heavy atom. The highest BCUT2D eigenvalue weighted by Crippen LogP contribution is 2.31. The van der Waals surface area contributed by atoms with Gasteiger partial charge < -0.3 is 9.47 Å². The van der Waals surface area contributed by atoms with E-state index in [1.54, 1.807) is 31.6 Å². The SMILES string of the molecule is COc1cccc(C=NNC(=O)c2ccncc2)c1OCc1ccc(Br)cc1. The van der Waals surface area contributed by atoms with E-state index in [1.807, 2.05) is 42.5 Å². The lowest BCUT2D eigenvalue weighted by molar-refractivity contribution is 0.0955. The number of amides is 1. The van der Waals surface area contributed by atoms with Crippen molar-refractivity contribution in [2.45, 2.75) is 6.61 Å². The van der Waals surface area contributed by atoms with Gasteiger partial charge in [0.25, 0.3) is 5.91 Å². The molecule has 142 valence electrons. The minimum atomic E-state index is -0.320. The molecule has 0 aliphatic rings. The van der Waals surface area contributed by atoms with Crippen molar-refractivity contribution in [3.05, 3.63) is 88.2 Å². The Morgan fingerprint density at radius 1 is 1.14 bits per heavy atom. The molecular weight excluding hydrogens is 422 g/mol. The minimum absolute atomic E-state index is 0.320. The third-order valence-electron chi connectivity index (χ3n) is 3.84. The third kappa shape index (κ3) is 5.17. The van der Waals surface area contributed by atoms with Crippen LogP contribution in [0.15, 0.2) is 76.6 Å². The second-order valence-electron chi connectivity index (χ2n) is 5.73. The summed E-state index contributed by atoms with van der Waals surface area (Å²) < 4.78 is 12.4. The molecule has 0 saturated carbocycles. The molecular formula is C21H18BrN3O3. The summed E-state index contributed by atoms with van der Waals surface area (Å²) in [4.78, 5) is 16.0. The van der Waals surface area contributed by atoms with Crippen molar-refractivity contribution in [1.82, 2.24) is 10.4 Å². The number of rotatable bonds is 7. The molecule has 3 aromatic rings. The molecule has 0 saturated heterocycles. The number of pyridine rings is 1. The number of hydrogen-bond donors (Lipinski definition) is 1. The molecule has 0 aliphatic heterocycles. The van der Waals surface area contributed by atoms with Gasteiger partial charge in [0.1, 0.15) is 6.61 Å². The van der Waals surface area contributed by atoms with Crippen LogP contribution in [0, 0.1) is 0 Å². The molecule has 0 aliphatic carbocycles. The lowest BCUT2D eigenvalue weighted by atomic mass is 10.2. The van der Waals surface area contributed by atoms with Crippen LogP contribution < -0.4 is 14.9 Å². The monoisotopic (exact) mass is 439 g/mol. The number of nitrogens with one attached hydrogen (secondary N) is 1. The topological polar surface area (TPSA) is 72.8 Å². The van der Waals surface area contributed by atoms with Gasteiger partial charge in [-0.1, -0.05) is 34.1 Å². The van der Waals surface area contributed by atoms with Crippen LogP contribution in [0.1, 0.15) is 21.5 Å². The molecule has 1 N–H and O–H groups in total. The number of aromatic nitrogens is 1. The first-order valence-electron chi connectivity index (χ1n) is 8.45. The van der Waals surface area contributed by atoms with Gasteiger partial charge in [-0.3, -0.25) is 9.78 Å². The quantitative estimate of drug-likeness (QED) is 0.442. The summed E-state index contributed by atoms with van der Waals surface area (Å²) >= 11 is 3.42. The summed E-state index contributed by atoms with van der Waals surface area (Å²) in [5.74, 6) is 0.815. The Labute approximate surface area is 171 Å². The average Bonchev–Trinajstić information content (AvgIpc) is 2.74. The highest BCUT2D eigenvalue weighted by Gasteiger charge is 2.10. The Morgan fingerprint density at radius 3 is 2.61 bits per heavy atom. The van der Waals surface area contributed by atoms with Crippen molar-refractivity contribution in [1.29, 1.82) is 0 Å². The van der Waals surface area contributed by atoms with E-state index in [-0.39, 0.29) is 5.91 Å². The van der Waals surface area contributed by atoms with E-state index < -0.39 is 0 Å². The van der Waals surface area contributed by atoms with E-state index in [0.29, 0.717) is 29.2 Å². The van der Waals surface area contributed by atoms with Crippen molar-refractivity contribution in [2.75, 3.05) is 7.11 Å². The van der Waals surface area contributed by atoms with Crippen molar-refractivity contribution >= 4 is 28.1 Å². The molecule has 6 nitrogen and oxygen atoms in total. The first-order valence-corrected chi connectivity index (χ1v) is 9.24. The fourth-order valence-corrected chi connectivity index (χ4v) is 2.68. The van der Waals surface area contributed by atoms with Crippen LogP contribution in [0.5, 0.6) is 11.5 Å². The minimum Gasteiger partial charge on any atom is -0.493 e. The molecule has 28 heavy (non-hydrogen) atoms. The van der Waals surface area contributed by atoms with Gasteiger partial charge in [-0.05, 0) is 42.0 Å². The lowest BCUT2D eigenvalue weighted by Crippen LogP contribution is -2.17. The van der Waals surface area contributed by atoms with Gasteiger partial charge in [-0.25, -0.2) is 5.43 Å². The smallest absolute Gasteiger partial charge is 0.271 e. The summed E-state index contributed by atoms with van der Waals surface area (Å²) in [7, 11) is 1.58. The first kappa shape index (κ1) is 19.6. The van der Waals surface area contributed by atoms with E-state index in [2.05, 4.69) is 31.4 Å². The van der Waals surface area contributed by atoms with E-state index in [4.69, 9.17) is 9.47 Å². The molecule has 3 rings (SSSR count). The normalized spacial score (nSPS) is 10.6. The number of methoxy groups -OCH3 is 1. The second kappa shape index (κ2) is 9.66. The number of benzene rings is 2. The number of para-hydroxylation sites is 1. The zero-order chi connectivity index (χ0) is 19.8. The number of hydrogen-bond acceptors (Lipinski definition) is 5. The molecule has 1 heterocycles.